The van der Waals surface area contributed by atoms with Crippen molar-refractivity contribution in [2.24, 2.45) is 0 Å². The number of amides is 1. The molecular weight excluding hydrogens is 499 g/mol. The highest BCUT2D eigenvalue weighted by atomic mass is 32.2. The summed E-state index contributed by atoms with van der Waals surface area (Å²) < 4.78 is 65.0. The highest BCUT2D eigenvalue weighted by Gasteiger charge is 2.32. The molecule has 1 unspecified atom stereocenters. The Kier molecular flexibility index (Phi) is 8.68. The van der Waals surface area contributed by atoms with Crippen LogP contribution in [0.25, 0.3) is 0 Å². The summed E-state index contributed by atoms with van der Waals surface area (Å²) in [4.78, 5) is 20.5. The summed E-state index contributed by atoms with van der Waals surface area (Å²) in [5, 5.41) is 1.92. The van der Waals surface area contributed by atoms with Crippen molar-refractivity contribution in [1.29, 1.82) is 0 Å². The van der Waals surface area contributed by atoms with Gasteiger partial charge in [-0.3, -0.25) is 9.78 Å². The summed E-state index contributed by atoms with van der Waals surface area (Å²) in [5.41, 5.74) is 0.299. The van der Waals surface area contributed by atoms with E-state index in [9.17, 15) is 26.4 Å². The number of anilines is 1. The van der Waals surface area contributed by atoms with E-state index in [0.717, 1.165) is 35.5 Å². The number of carbonyl (C=O) groups excluding carboxylic acids is 1. The van der Waals surface area contributed by atoms with Gasteiger partial charge in [0.05, 0.1) is 23.4 Å². The second kappa shape index (κ2) is 11.5. The fourth-order valence-electron chi connectivity index (χ4n) is 3.24. The molecule has 1 N–H and O–H groups in total. The van der Waals surface area contributed by atoms with Gasteiger partial charge in [0.15, 0.2) is 9.84 Å². The molecule has 3 rings (SSSR count). The van der Waals surface area contributed by atoms with Gasteiger partial charge in [0, 0.05) is 24.3 Å². The Labute approximate surface area is 205 Å². The lowest BCUT2D eigenvalue weighted by Gasteiger charge is -2.16. The minimum absolute atomic E-state index is 0.00160. The molecule has 0 radical (unpaired) electrons. The Morgan fingerprint density at radius 3 is 2.54 bits per heavy atom. The van der Waals surface area contributed by atoms with Gasteiger partial charge in [0.25, 0.3) is 0 Å². The number of carbonyl (C=O) groups is 1. The largest absolute Gasteiger partial charge is 0.416 e. The van der Waals surface area contributed by atoms with E-state index in [1.165, 1.54) is 18.3 Å². The fraction of sp³-hybridized carbons (Fsp3) is 0.208. The predicted molar refractivity (Wildman–Crippen MR) is 130 cm³/mol. The number of nitrogens with one attached hydrogen (secondary N) is 1. The zero-order valence-corrected chi connectivity index (χ0v) is 20.0. The number of nitrogens with zero attached hydrogens (tertiary/aromatic N) is 2. The number of thioether (sulfide) groups is 1. The number of halogens is 3. The van der Waals surface area contributed by atoms with Crippen LogP contribution in [0.1, 0.15) is 21.9 Å². The van der Waals surface area contributed by atoms with Crippen LogP contribution in [-0.2, 0) is 27.2 Å². The van der Waals surface area contributed by atoms with Gasteiger partial charge in [0.2, 0.25) is 5.91 Å². The van der Waals surface area contributed by atoms with Crippen molar-refractivity contribution in [2.75, 3.05) is 16.8 Å². The Morgan fingerprint density at radius 1 is 1.11 bits per heavy atom. The van der Waals surface area contributed by atoms with Crippen molar-refractivity contribution >= 4 is 33.2 Å². The van der Waals surface area contributed by atoms with Crippen LogP contribution in [0.4, 0.5) is 18.9 Å². The second-order valence-corrected chi connectivity index (χ2v) is 10.8. The number of aromatic nitrogens is 2. The van der Waals surface area contributed by atoms with Crippen LogP contribution >= 0.6 is 11.8 Å². The molecule has 184 valence electrons. The number of rotatable bonds is 10. The molecule has 0 fully saturated rings. The van der Waals surface area contributed by atoms with Gasteiger partial charge < -0.3 is 5.32 Å². The average molecular weight is 522 g/mol. The summed E-state index contributed by atoms with van der Waals surface area (Å²) >= 11 is 1.12. The average Bonchev–Trinajstić information content (AvgIpc) is 2.80. The molecule has 0 aliphatic rings. The number of hydrogen-bond donors (Lipinski definition) is 1. The SMILES string of the molecule is C=CC(c1cccc(C(F)(F)F)c1)S(=O)(=O)CCSc1ncccc1NC(=O)Cc1ccncc1. The van der Waals surface area contributed by atoms with Crippen molar-refractivity contribution in [3.05, 3.63) is 96.5 Å². The standard InChI is InChI=1S/C24H22F3N3O3S2/c1-2-21(18-5-3-6-19(16-18)24(25,26)27)35(32,33)14-13-34-23-20(7-4-10-29-23)30-22(31)15-17-8-11-28-12-9-17/h2-12,16,21H,1,13-15H2,(H,30,31). The first-order valence-corrected chi connectivity index (χ1v) is 13.1. The van der Waals surface area contributed by atoms with Gasteiger partial charge in [0.1, 0.15) is 10.3 Å². The summed E-state index contributed by atoms with van der Waals surface area (Å²) in [6.45, 7) is 3.51. The smallest absolute Gasteiger partial charge is 0.323 e. The zero-order chi connectivity index (χ0) is 25.5. The predicted octanol–water partition coefficient (Wildman–Crippen LogP) is 5.11. The highest BCUT2D eigenvalue weighted by molar-refractivity contribution is 8.00. The summed E-state index contributed by atoms with van der Waals surface area (Å²) in [5.74, 6) is -0.517. The third kappa shape index (κ3) is 7.40. The molecule has 11 heteroatoms. The van der Waals surface area contributed by atoms with Gasteiger partial charge >= 0.3 is 6.18 Å². The van der Waals surface area contributed by atoms with Crippen LogP contribution in [0.2, 0.25) is 0 Å². The first kappa shape index (κ1) is 26.4. The lowest BCUT2D eigenvalue weighted by molar-refractivity contribution is -0.137. The van der Waals surface area contributed by atoms with Crippen LogP contribution in [0.5, 0.6) is 0 Å². The van der Waals surface area contributed by atoms with Gasteiger partial charge in [-0.05, 0) is 41.5 Å². The lowest BCUT2D eigenvalue weighted by atomic mass is 10.1. The zero-order valence-electron chi connectivity index (χ0n) is 18.4. The molecule has 2 heterocycles. The Balaban J connectivity index is 1.66. The quantitative estimate of drug-likeness (QED) is 0.295. The van der Waals surface area contributed by atoms with E-state index in [1.807, 2.05) is 0 Å². The second-order valence-electron chi connectivity index (χ2n) is 7.43. The van der Waals surface area contributed by atoms with E-state index in [4.69, 9.17) is 0 Å². The van der Waals surface area contributed by atoms with Crippen LogP contribution < -0.4 is 5.32 Å². The van der Waals surface area contributed by atoms with Gasteiger partial charge in [-0.2, -0.15) is 13.2 Å². The summed E-state index contributed by atoms with van der Waals surface area (Å²) in [6, 6.07) is 11.0. The van der Waals surface area contributed by atoms with E-state index >= 15 is 0 Å². The van der Waals surface area contributed by atoms with Crippen LogP contribution in [-0.4, -0.2) is 35.8 Å². The third-order valence-electron chi connectivity index (χ3n) is 4.91. The fourth-order valence-corrected chi connectivity index (χ4v) is 6.22. The number of benzene rings is 1. The van der Waals surface area contributed by atoms with Crippen molar-refractivity contribution in [2.45, 2.75) is 22.9 Å². The minimum Gasteiger partial charge on any atom is -0.323 e. The summed E-state index contributed by atoms with van der Waals surface area (Å²) in [6.07, 6.45) is 1.37. The third-order valence-corrected chi connectivity index (χ3v) is 8.19. The molecule has 0 spiro atoms. The topological polar surface area (TPSA) is 89.0 Å². The molecule has 1 amide bonds. The number of hydrogen-bond acceptors (Lipinski definition) is 6. The van der Waals surface area contributed by atoms with E-state index < -0.39 is 26.8 Å². The lowest BCUT2D eigenvalue weighted by Crippen LogP contribution is -2.18. The minimum atomic E-state index is -4.58. The molecule has 1 aromatic carbocycles. The van der Waals surface area contributed by atoms with Crippen molar-refractivity contribution in [1.82, 2.24) is 9.97 Å². The highest BCUT2D eigenvalue weighted by Crippen LogP contribution is 2.33. The van der Waals surface area contributed by atoms with Crippen LogP contribution in [0.15, 0.2) is 84.8 Å². The van der Waals surface area contributed by atoms with Crippen LogP contribution in [0, 0.1) is 0 Å². The Bertz CT molecular complexity index is 1280. The molecule has 0 aliphatic heterocycles. The van der Waals surface area contributed by atoms with Gasteiger partial charge in [-0.25, -0.2) is 13.4 Å². The van der Waals surface area contributed by atoms with Gasteiger partial charge in [-0.15, -0.1) is 18.3 Å². The molecule has 6 nitrogen and oxygen atoms in total. The Morgan fingerprint density at radius 2 is 1.86 bits per heavy atom. The normalized spacial score (nSPS) is 12.7. The monoisotopic (exact) mass is 521 g/mol. The molecule has 0 bridgehead atoms. The van der Waals surface area contributed by atoms with Crippen molar-refractivity contribution < 1.29 is 26.4 Å². The first-order valence-electron chi connectivity index (χ1n) is 10.4. The van der Waals surface area contributed by atoms with E-state index in [1.54, 1.807) is 36.7 Å². The number of sulfone groups is 1. The molecule has 0 aliphatic carbocycles. The van der Waals surface area contributed by atoms with Crippen molar-refractivity contribution in [3.8, 4) is 0 Å². The summed E-state index contributed by atoms with van der Waals surface area (Å²) in [7, 11) is -3.86. The molecule has 3 aromatic rings. The molecule has 0 saturated heterocycles. The maximum Gasteiger partial charge on any atom is 0.416 e. The van der Waals surface area contributed by atoms with Gasteiger partial charge in [-0.1, -0.05) is 24.3 Å². The molecule has 2 aromatic heterocycles. The maximum absolute atomic E-state index is 13.1. The molecule has 35 heavy (non-hydrogen) atoms. The van der Waals surface area contributed by atoms with Crippen molar-refractivity contribution in [3.63, 3.8) is 0 Å². The Hall–Kier alpha value is -3.18. The first-order chi connectivity index (χ1) is 16.6. The molecule has 0 saturated carbocycles. The maximum atomic E-state index is 13.1. The van der Waals surface area contributed by atoms with E-state index in [0.29, 0.717) is 10.7 Å². The molecular formula is C24H22F3N3O3S2. The van der Waals surface area contributed by atoms with Crippen LogP contribution in [0.3, 0.4) is 0 Å². The van der Waals surface area contributed by atoms with E-state index in [2.05, 4.69) is 21.9 Å². The number of alkyl halides is 3. The van der Waals surface area contributed by atoms with E-state index in [-0.39, 0.29) is 29.4 Å². The molecule has 1 atom stereocenters. The number of pyridine rings is 2.